The minimum Gasteiger partial charge on any atom is -0.340 e. The van der Waals surface area contributed by atoms with E-state index in [0.717, 1.165) is 22.4 Å². The third-order valence-corrected chi connectivity index (χ3v) is 3.93. The molecule has 6 nitrogen and oxygen atoms in total. The molecule has 0 spiro atoms. The molecule has 1 heterocycles. The Morgan fingerprint density at radius 3 is 2.57 bits per heavy atom. The molecule has 0 saturated heterocycles. The van der Waals surface area contributed by atoms with Crippen LogP contribution in [0.15, 0.2) is 54.7 Å². The van der Waals surface area contributed by atoms with E-state index in [0.29, 0.717) is 11.5 Å². The maximum atomic E-state index is 8.98. The SMILES string of the molecule is [2H]c1c(C#N)ccc(Nc2nccc(Nc3c(C)cc(C=CC#N)cc3C)n2)c1[2H]. The molecule has 136 valence electrons. The van der Waals surface area contributed by atoms with Crippen LogP contribution in [0.2, 0.25) is 0 Å². The summed E-state index contributed by atoms with van der Waals surface area (Å²) in [5.41, 5.74) is 4.33. The summed E-state index contributed by atoms with van der Waals surface area (Å²) in [6.45, 7) is 3.94. The molecule has 2 aromatic carbocycles. The van der Waals surface area contributed by atoms with E-state index in [9.17, 15) is 0 Å². The predicted octanol–water partition coefficient (Wildman–Crippen LogP) is 4.99. The number of nitriles is 2. The number of aromatic nitrogens is 2. The molecule has 0 fully saturated rings. The largest absolute Gasteiger partial charge is 0.340 e. The van der Waals surface area contributed by atoms with Crippen LogP contribution in [0, 0.1) is 36.5 Å². The Hall–Kier alpha value is -4.16. The predicted molar refractivity (Wildman–Crippen MR) is 110 cm³/mol. The first kappa shape index (κ1) is 16.0. The summed E-state index contributed by atoms with van der Waals surface area (Å²) in [6.07, 6.45) is 4.78. The van der Waals surface area contributed by atoms with Gasteiger partial charge in [0.2, 0.25) is 5.95 Å². The first-order chi connectivity index (χ1) is 14.4. The van der Waals surface area contributed by atoms with Crippen LogP contribution in [0.25, 0.3) is 6.08 Å². The van der Waals surface area contributed by atoms with E-state index >= 15 is 0 Å². The van der Waals surface area contributed by atoms with Gasteiger partial charge in [0, 0.05) is 23.6 Å². The number of benzene rings is 2. The first-order valence-electron chi connectivity index (χ1n) is 9.47. The van der Waals surface area contributed by atoms with Crippen molar-refractivity contribution >= 4 is 29.2 Å². The van der Waals surface area contributed by atoms with Crippen LogP contribution in [-0.4, -0.2) is 9.97 Å². The molecule has 0 atom stereocenters. The van der Waals surface area contributed by atoms with Crippen molar-refractivity contribution in [2.45, 2.75) is 13.8 Å². The van der Waals surface area contributed by atoms with Gasteiger partial charge in [-0.3, -0.25) is 0 Å². The van der Waals surface area contributed by atoms with Crippen molar-refractivity contribution in [3.63, 3.8) is 0 Å². The van der Waals surface area contributed by atoms with Gasteiger partial charge in [0.1, 0.15) is 5.82 Å². The van der Waals surface area contributed by atoms with Crippen LogP contribution in [0.3, 0.4) is 0 Å². The Labute approximate surface area is 166 Å². The molecule has 2 N–H and O–H groups in total. The molecule has 28 heavy (non-hydrogen) atoms. The van der Waals surface area contributed by atoms with Crippen molar-refractivity contribution in [2.24, 2.45) is 0 Å². The summed E-state index contributed by atoms with van der Waals surface area (Å²) >= 11 is 0. The smallest absolute Gasteiger partial charge is 0.229 e. The van der Waals surface area contributed by atoms with E-state index in [1.807, 2.05) is 38.1 Å². The fourth-order valence-electron chi connectivity index (χ4n) is 2.68. The zero-order valence-corrected chi connectivity index (χ0v) is 15.4. The van der Waals surface area contributed by atoms with Crippen molar-refractivity contribution < 1.29 is 2.74 Å². The van der Waals surface area contributed by atoms with Crippen LogP contribution < -0.4 is 10.6 Å². The first-order valence-corrected chi connectivity index (χ1v) is 8.47. The summed E-state index contributed by atoms with van der Waals surface area (Å²) in [4.78, 5) is 8.60. The zero-order valence-electron chi connectivity index (χ0n) is 17.4. The summed E-state index contributed by atoms with van der Waals surface area (Å²) < 4.78 is 15.9. The summed E-state index contributed by atoms with van der Waals surface area (Å²) in [6, 6.07) is 12.4. The summed E-state index contributed by atoms with van der Waals surface area (Å²) in [7, 11) is 0. The summed E-state index contributed by atoms with van der Waals surface area (Å²) in [5, 5.41) is 23.9. The zero-order chi connectivity index (χ0) is 21.7. The van der Waals surface area contributed by atoms with Gasteiger partial charge in [-0.1, -0.05) is 0 Å². The second-order valence-corrected chi connectivity index (χ2v) is 6.03. The molecule has 0 radical (unpaired) electrons. The van der Waals surface area contributed by atoms with E-state index in [2.05, 4.69) is 20.6 Å². The van der Waals surface area contributed by atoms with Crippen molar-refractivity contribution in [1.82, 2.24) is 9.97 Å². The number of nitrogens with one attached hydrogen (secondary N) is 2. The molecule has 0 aliphatic rings. The molecule has 0 amide bonds. The molecule has 3 rings (SSSR count). The van der Waals surface area contributed by atoms with Crippen LogP contribution in [0.4, 0.5) is 23.1 Å². The van der Waals surface area contributed by atoms with Gasteiger partial charge in [0.15, 0.2) is 0 Å². The second-order valence-electron chi connectivity index (χ2n) is 6.03. The standard InChI is InChI=1S/C22H18N6/c1-15-12-18(4-3-10-23)13-16(2)21(15)27-20-9-11-25-22(28-20)26-19-7-5-17(14-24)6-8-19/h3-9,11-13H,1-2H3,(H2,25,26,27,28)/i5D,7D. The van der Waals surface area contributed by atoms with Gasteiger partial charge in [0.05, 0.1) is 20.4 Å². The number of anilines is 4. The van der Waals surface area contributed by atoms with Crippen molar-refractivity contribution in [3.8, 4) is 12.1 Å². The highest BCUT2D eigenvalue weighted by Crippen LogP contribution is 2.26. The lowest BCUT2D eigenvalue weighted by molar-refractivity contribution is 1.16. The Bertz CT molecular complexity index is 1200. The molecular weight excluding hydrogens is 348 g/mol. The van der Waals surface area contributed by atoms with Gasteiger partial charge in [-0.2, -0.15) is 15.5 Å². The second kappa shape index (κ2) is 8.48. The fourth-order valence-corrected chi connectivity index (χ4v) is 2.68. The Balaban J connectivity index is 1.85. The molecule has 0 saturated carbocycles. The Morgan fingerprint density at radius 1 is 1.07 bits per heavy atom. The van der Waals surface area contributed by atoms with Gasteiger partial charge < -0.3 is 10.6 Å². The number of hydrogen-bond acceptors (Lipinski definition) is 6. The van der Waals surface area contributed by atoms with Gasteiger partial charge in [0.25, 0.3) is 0 Å². The molecule has 1 aromatic heterocycles. The van der Waals surface area contributed by atoms with E-state index in [1.54, 1.807) is 24.4 Å². The highest BCUT2D eigenvalue weighted by molar-refractivity contribution is 5.69. The van der Waals surface area contributed by atoms with Crippen LogP contribution in [0.1, 0.15) is 25.0 Å². The minimum atomic E-state index is -0.145. The monoisotopic (exact) mass is 368 g/mol. The topological polar surface area (TPSA) is 97.4 Å². The van der Waals surface area contributed by atoms with E-state index in [-0.39, 0.29) is 23.6 Å². The van der Waals surface area contributed by atoms with Crippen molar-refractivity contribution in [2.75, 3.05) is 10.6 Å². The van der Waals surface area contributed by atoms with Gasteiger partial charge in [-0.05, 0) is 79.0 Å². The molecule has 3 aromatic rings. The van der Waals surface area contributed by atoms with Crippen molar-refractivity contribution in [3.05, 3.63) is 76.9 Å². The fraction of sp³-hybridized carbons (Fsp3) is 0.0909. The van der Waals surface area contributed by atoms with Crippen LogP contribution >= 0.6 is 0 Å². The highest BCUT2D eigenvalue weighted by Gasteiger charge is 2.07. The number of allylic oxidation sites excluding steroid dienone is 1. The van der Waals surface area contributed by atoms with E-state index < -0.39 is 0 Å². The molecule has 0 aliphatic carbocycles. The Kier molecular flexibility index (Phi) is 4.86. The number of rotatable bonds is 5. The molecule has 6 heteroatoms. The molecule has 0 aliphatic heterocycles. The summed E-state index contributed by atoms with van der Waals surface area (Å²) in [5.74, 6) is 0.826. The molecule has 0 bridgehead atoms. The van der Waals surface area contributed by atoms with Crippen LogP contribution in [-0.2, 0) is 0 Å². The maximum absolute atomic E-state index is 8.98. The normalized spacial score (nSPS) is 11.3. The van der Waals surface area contributed by atoms with Gasteiger partial charge in [-0.25, -0.2) is 4.98 Å². The third-order valence-electron chi connectivity index (χ3n) is 3.93. The molecular formula is C22H18N6. The van der Waals surface area contributed by atoms with Gasteiger partial charge >= 0.3 is 0 Å². The van der Waals surface area contributed by atoms with E-state index in [4.69, 9.17) is 13.3 Å². The van der Waals surface area contributed by atoms with Crippen molar-refractivity contribution in [1.29, 1.82) is 10.5 Å². The number of aryl methyl sites for hydroxylation is 2. The lowest BCUT2D eigenvalue weighted by Crippen LogP contribution is -2.02. The third kappa shape index (κ3) is 4.51. The average Bonchev–Trinajstić information content (AvgIpc) is 2.73. The average molecular weight is 368 g/mol. The van der Waals surface area contributed by atoms with Gasteiger partial charge in [-0.15, -0.1) is 0 Å². The Morgan fingerprint density at radius 2 is 1.86 bits per heavy atom. The lowest BCUT2D eigenvalue weighted by Gasteiger charge is -2.14. The number of nitrogens with zero attached hydrogens (tertiary/aromatic N) is 4. The minimum absolute atomic E-state index is 0.0938. The van der Waals surface area contributed by atoms with Crippen LogP contribution in [0.5, 0.6) is 0 Å². The highest BCUT2D eigenvalue weighted by atomic mass is 15.1. The quantitative estimate of drug-likeness (QED) is 0.616. The molecule has 0 unspecified atom stereocenters. The maximum Gasteiger partial charge on any atom is 0.229 e. The van der Waals surface area contributed by atoms with E-state index in [1.165, 1.54) is 12.1 Å². The lowest BCUT2D eigenvalue weighted by atomic mass is 10.0. The number of hydrogen-bond donors (Lipinski definition) is 2.